The lowest BCUT2D eigenvalue weighted by atomic mass is 9.98. The molecule has 1 aromatic carbocycles. The van der Waals surface area contributed by atoms with Crippen molar-refractivity contribution in [2.24, 2.45) is 5.92 Å². The van der Waals surface area contributed by atoms with E-state index in [4.69, 9.17) is 4.74 Å². The van der Waals surface area contributed by atoms with Crippen molar-refractivity contribution in [2.45, 2.75) is 43.2 Å². The smallest absolute Gasteiger partial charge is 0.309 e. The average Bonchev–Trinajstić information content (AvgIpc) is 3.06. The number of nitrogens with zero attached hydrogens (tertiary/aromatic N) is 1. The Balaban J connectivity index is 1.48. The third-order valence-corrected chi connectivity index (χ3v) is 9.09. The van der Waals surface area contributed by atoms with E-state index < -0.39 is 49.8 Å². The highest BCUT2D eigenvalue weighted by molar-refractivity contribution is 7.91. The van der Waals surface area contributed by atoms with Gasteiger partial charge >= 0.3 is 5.97 Å². The number of nitrogens with one attached hydrogen (secondary N) is 1. The van der Waals surface area contributed by atoms with Crippen LogP contribution in [0.5, 0.6) is 0 Å². The number of hydrogen-bond acceptors (Lipinski definition) is 7. The Labute approximate surface area is 176 Å². The Morgan fingerprint density at radius 3 is 2.33 bits per heavy atom. The maximum absolute atomic E-state index is 12.7. The van der Waals surface area contributed by atoms with E-state index in [1.165, 1.54) is 23.4 Å². The third-order valence-electron chi connectivity index (χ3n) is 5.41. The molecular formula is C19H26N2O7S2. The minimum atomic E-state index is -3.60. The lowest BCUT2D eigenvalue weighted by molar-refractivity contribution is -0.160. The summed E-state index contributed by atoms with van der Waals surface area (Å²) in [6, 6.07) is 7.66. The highest BCUT2D eigenvalue weighted by atomic mass is 32.2. The van der Waals surface area contributed by atoms with Crippen LogP contribution in [0, 0.1) is 5.92 Å². The van der Waals surface area contributed by atoms with Gasteiger partial charge in [0.15, 0.2) is 15.9 Å². The molecule has 30 heavy (non-hydrogen) atoms. The molecule has 0 radical (unpaired) electrons. The molecule has 2 aliphatic rings. The van der Waals surface area contributed by atoms with Gasteiger partial charge in [-0.2, -0.15) is 4.31 Å². The molecule has 1 aromatic rings. The lowest BCUT2D eigenvalue weighted by Crippen LogP contribution is -2.44. The van der Waals surface area contributed by atoms with Gasteiger partial charge in [-0.1, -0.05) is 18.2 Å². The van der Waals surface area contributed by atoms with Crippen molar-refractivity contribution in [3.63, 3.8) is 0 Å². The van der Waals surface area contributed by atoms with Gasteiger partial charge in [0.2, 0.25) is 10.0 Å². The summed E-state index contributed by atoms with van der Waals surface area (Å²) >= 11 is 0. The van der Waals surface area contributed by atoms with E-state index in [9.17, 15) is 26.4 Å². The second kappa shape index (κ2) is 9.03. The van der Waals surface area contributed by atoms with E-state index in [1.807, 2.05) is 0 Å². The standard InChI is InChI=1S/C19H26N2O7S2/c1-14(18(22)20-16-9-12-29(24,25)13-16)28-19(23)15-7-10-21(11-8-15)30(26,27)17-5-3-2-4-6-17/h2-6,14-16H,7-13H2,1H3,(H,20,22). The van der Waals surface area contributed by atoms with E-state index in [0.29, 0.717) is 19.3 Å². The highest BCUT2D eigenvalue weighted by Crippen LogP contribution is 2.25. The van der Waals surface area contributed by atoms with Gasteiger partial charge in [0, 0.05) is 19.1 Å². The third kappa shape index (κ3) is 5.38. The number of esters is 1. The summed E-state index contributed by atoms with van der Waals surface area (Å²) in [4.78, 5) is 24.8. The maximum Gasteiger partial charge on any atom is 0.309 e. The Morgan fingerprint density at radius 1 is 1.13 bits per heavy atom. The van der Waals surface area contributed by atoms with Crippen LogP contribution < -0.4 is 5.32 Å². The summed E-state index contributed by atoms with van der Waals surface area (Å²) in [5.41, 5.74) is 0. The van der Waals surface area contributed by atoms with Crippen molar-refractivity contribution in [2.75, 3.05) is 24.6 Å². The first-order valence-corrected chi connectivity index (χ1v) is 13.1. The minimum absolute atomic E-state index is 0.0383. The van der Waals surface area contributed by atoms with E-state index in [1.54, 1.807) is 18.2 Å². The molecule has 2 unspecified atom stereocenters. The number of ether oxygens (including phenoxy) is 1. The molecular weight excluding hydrogens is 432 g/mol. The fourth-order valence-electron chi connectivity index (χ4n) is 3.62. The summed E-state index contributed by atoms with van der Waals surface area (Å²) < 4.78 is 54.9. The molecule has 0 spiro atoms. The molecule has 166 valence electrons. The van der Waals surface area contributed by atoms with Gasteiger partial charge < -0.3 is 10.1 Å². The van der Waals surface area contributed by atoms with Crippen molar-refractivity contribution >= 4 is 31.7 Å². The van der Waals surface area contributed by atoms with E-state index in [0.717, 1.165) is 0 Å². The predicted octanol–water partition coefficient (Wildman–Crippen LogP) is 0.322. The number of carbonyl (C=O) groups is 2. The molecule has 9 nitrogen and oxygen atoms in total. The quantitative estimate of drug-likeness (QED) is 0.608. The van der Waals surface area contributed by atoms with Crippen LogP contribution in [0.4, 0.5) is 0 Å². The predicted molar refractivity (Wildman–Crippen MR) is 109 cm³/mol. The first-order chi connectivity index (χ1) is 14.1. The molecule has 3 rings (SSSR count). The number of benzene rings is 1. The number of rotatable bonds is 6. The summed E-state index contributed by atoms with van der Waals surface area (Å²) in [6.07, 6.45) is -0.0876. The van der Waals surface area contributed by atoms with Crippen LogP contribution in [0.2, 0.25) is 0 Å². The van der Waals surface area contributed by atoms with Crippen LogP contribution in [0.25, 0.3) is 0 Å². The first-order valence-electron chi connectivity index (χ1n) is 9.85. The monoisotopic (exact) mass is 458 g/mol. The summed E-state index contributed by atoms with van der Waals surface area (Å²) in [7, 11) is -6.72. The van der Waals surface area contributed by atoms with E-state index in [-0.39, 0.29) is 29.5 Å². The summed E-state index contributed by atoms with van der Waals surface area (Å²) in [5, 5.41) is 2.60. The molecule has 1 amide bonds. The van der Waals surface area contributed by atoms with Gasteiger partial charge in [-0.15, -0.1) is 0 Å². The van der Waals surface area contributed by atoms with E-state index >= 15 is 0 Å². The van der Waals surface area contributed by atoms with Crippen LogP contribution in [0.1, 0.15) is 26.2 Å². The van der Waals surface area contributed by atoms with Gasteiger partial charge in [0.05, 0.1) is 22.3 Å². The molecule has 1 N–H and O–H groups in total. The SMILES string of the molecule is CC(OC(=O)C1CCN(S(=O)(=O)c2ccccc2)CC1)C(=O)NC1CCS(=O)(=O)C1. The van der Waals surface area contributed by atoms with Crippen molar-refractivity contribution in [1.29, 1.82) is 0 Å². The van der Waals surface area contributed by atoms with Crippen molar-refractivity contribution in [1.82, 2.24) is 9.62 Å². The molecule has 2 saturated heterocycles. The lowest BCUT2D eigenvalue weighted by Gasteiger charge is -2.30. The fourth-order valence-corrected chi connectivity index (χ4v) is 6.79. The molecule has 0 saturated carbocycles. The maximum atomic E-state index is 12.7. The molecule has 2 heterocycles. The molecule has 0 aromatic heterocycles. The number of carbonyl (C=O) groups excluding carboxylic acids is 2. The number of hydrogen-bond donors (Lipinski definition) is 1. The van der Waals surface area contributed by atoms with Crippen molar-refractivity contribution in [3.8, 4) is 0 Å². The van der Waals surface area contributed by atoms with Crippen LogP contribution in [-0.2, 0) is 34.2 Å². The molecule has 2 fully saturated rings. The molecule has 2 atom stereocenters. The zero-order valence-electron chi connectivity index (χ0n) is 16.7. The molecule has 2 aliphatic heterocycles. The first kappa shape index (κ1) is 22.7. The normalized spacial score (nSPS) is 23.6. The van der Waals surface area contributed by atoms with Crippen molar-refractivity contribution in [3.05, 3.63) is 30.3 Å². The average molecular weight is 459 g/mol. The minimum Gasteiger partial charge on any atom is -0.452 e. The van der Waals surface area contributed by atoms with Crippen LogP contribution in [-0.4, -0.2) is 69.8 Å². The summed E-state index contributed by atoms with van der Waals surface area (Å²) in [5.74, 6) is -1.64. The fraction of sp³-hybridized carbons (Fsp3) is 0.579. The Kier molecular flexibility index (Phi) is 6.83. The van der Waals surface area contributed by atoms with Gasteiger partial charge in [-0.25, -0.2) is 16.8 Å². The van der Waals surface area contributed by atoms with Crippen molar-refractivity contribution < 1.29 is 31.2 Å². The molecule has 0 bridgehead atoms. The number of sulfonamides is 1. The van der Waals surface area contributed by atoms with Crippen LogP contribution >= 0.6 is 0 Å². The second-order valence-electron chi connectivity index (χ2n) is 7.68. The zero-order chi connectivity index (χ0) is 21.9. The molecule has 11 heteroatoms. The van der Waals surface area contributed by atoms with Gasteiger partial charge in [-0.3, -0.25) is 9.59 Å². The Bertz CT molecular complexity index is 985. The zero-order valence-corrected chi connectivity index (χ0v) is 18.3. The van der Waals surface area contributed by atoms with E-state index in [2.05, 4.69) is 5.32 Å². The largest absolute Gasteiger partial charge is 0.452 e. The van der Waals surface area contributed by atoms with Gasteiger partial charge in [0.25, 0.3) is 5.91 Å². The number of amides is 1. The van der Waals surface area contributed by atoms with Crippen LogP contribution in [0.3, 0.4) is 0 Å². The van der Waals surface area contributed by atoms with Crippen LogP contribution in [0.15, 0.2) is 35.2 Å². The Morgan fingerprint density at radius 2 is 1.77 bits per heavy atom. The Hall–Kier alpha value is -1.98. The van der Waals surface area contributed by atoms with Gasteiger partial charge in [0.1, 0.15) is 0 Å². The number of sulfone groups is 1. The number of piperidine rings is 1. The van der Waals surface area contributed by atoms with Gasteiger partial charge in [-0.05, 0) is 38.3 Å². The highest BCUT2D eigenvalue weighted by Gasteiger charge is 2.35. The second-order valence-corrected chi connectivity index (χ2v) is 11.8. The topological polar surface area (TPSA) is 127 Å². The molecule has 0 aliphatic carbocycles. The summed E-state index contributed by atoms with van der Waals surface area (Å²) in [6.45, 7) is 1.82.